The van der Waals surface area contributed by atoms with Gasteiger partial charge in [-0.25, -0.2) is 8.42 Å². The molecule has 4 rings (SSSR count). The molecule has 28 heavy (non-hydrogen) atoms. The number of fused-ring (bicyclic) bond motifs is 1. The van der Waals surface area contributed by atoms with E-state index in [-0.39, 0.29) is 28.7 Å². The largest absolute Gasteiger partial charge is 0.316 e. The van der Waals surface area contributed by atoms with E-state index in [4.69, 9.17) is 11.6 Å². The molecule has 0 bridgehead atoms. The molecular weight excluding hydrogens is 416 g/mol. The Balaban J connectivity index is 1.58. The monoisotopic (exact) mass is 434 g/mol. The minimum absolute atomic E-state index is 0.0639. The van der Waals surface area contributed by atoms with Crippen LogP contribution in [-0.4, -0.2) is 42.3 Å². The number of carbonyl (C=O) groups is 1. The first-order valence-electron chi connectivity index (χ1n) is 8.99. The molecule has 0 saturated carbocycles. The summed E-state index contributed by atoms with van der Waals surface area (Å²) in [4.78, 5) is 18.7. The van der Waals surface area contributed by atoms with Crippen LogP contribution in [0, 0.1) is 0 Å². The van der Waals surface area contributed by atoms with Crippen molar-refractivity contribution in [1.29, 1.82) is 0 Å². The lowest BCUT2D eigenvalue weighted by molar-refractivity contribution is -0.117. The molecule has 0 aliphatic carbocycles. The number of sulfone groups is 1. The maximum absolute atomic E-state index is 12.5. The van der Waals surface area contributed by atoms with Crippen molar-refractivity contribution in [3.05, 3.63) is 65.2 Å². The Hall–Kier alpha value is -1.83. The van der Waals surface area contributed by atoms with Gasteiger partial charge in [-0.15, -0.1) is 0 Å². The maximum atomic E-state index is 12.5. The third-order valence-electron chi connectivity index (χ3n) is 4.84. The number of amidine groups is 1. The first-order chi connectivity index (χ1) is 13.4. The number of aryl methyl sites for hydroxylation is 1. The molecule has 2 aromatic carbocycles. The fraction of sp³-hybridized carbons (Fsp3) is 0.300. The third kappa shape index (κ3) is 4.26. The summed E-state index contributed by atoms with van der Waals surface area (Å²) in [5, 5.41) is 0.997. The van der Waals surface area contributed by atoms with Gasteiger partial charge in [0.25, 0.3) is 0 Å². The van der Waals surface area contributed by atoms with Crippen LogP contribution in [-0.2, 0) is 21.1 Å². The van der Waals surface area contributed by atoms with Gasteiger partial charge in [-0.3, -0.25) is 4.79 Å². The molecule has 8 heteroatoms. The third-order valence-corrected chi connectivity index (χ3v) is 8.29. The zero-order chi connectivity index (χ0) is 19.7. The number of benzene rings is 2. The van der Waals surface area contributed by atoms with Gasteiger partial charge >= 0.3 is 0 Å². The van der Waals surface area contributed by atoms with E-state index in [1.165, 1.54) is 11.8 Å². The minimum Gasteiger partial charge on any atom is -0.316 e. The summed E-state index contributed by atoms with van der Waals surface area (Å²) in [5.41, 5.74) is 1.85. The first kappa shape index (κ1) is 19.5. The molecule has 5 nitrogen and oxygen atoms in total. The summed E-state index contributed by atoms with van der Waals surface area (Å²) in [5.74, 6) is -0.0356. The molecule has 2 heterocycles. The first-order valence-corrected chi connectivity index (χ1v) is 12.1. The van der Waals surface area contributed by atoms with Crippen molar-refractivity contribution < 1.29 is 13.2 Å². The van der Waals surface area contributed by atoms with Crippen LogP contribution in [0.1, 0.15) is 12.0 Å². The van der Waals surface area contributed by atoms with Crippen LogP contribution in [0.4, 0.5) is 5.69 Å². The van der Waals surface area contributed by atoms with E-state index in [2.05, 4.69) is 4.99 Å². The van der Waals surface area contributed by atoms with Crippen LogP contribution in [0.3, 0.4) is 0 Å². The summed E-state index contributed by atoms with van der Waals surface area (Å²) in [6.07, 6.45) is 0.935. The highest BCUT2D eigenvalue weighted by molar-refractivity contribution is 8.16. The Bertz CT molecular complexity index is 1020. The highest BCUT2D eigenvalue weighted by Crippen LogP contribution is 2.41. The molecule has 2 saturated heterocycles. The number of aliphatic imine (C=N–C) groups is 1. The van der Waals surface area contributed by atoms with Gasteiger partial charge in [0.15, 0.2) is 15.0 Å². The number of thioether (sulfide) groups is 1. The quantitative estimate of drug-likeness (QED) is 0.735. The minimum atomic E-state index is -3.09. The summed E-state index contributed by atoms with van der Waals surface area (Å²) < 4.78 is 24.2. The van der Waals surface area contributed by atoms with E-state index in [1.807, 2.05) is 47.4 Å². The second kappa shape index (κ2) is 7.89. The highest BCUT2D eigenvalue weighted by atomic mass is 35.5. The van der Waals surface area contributed by atoms with Crippen LogP contribution in [0.2, 0.25) is 5.02 Å². The topological polar surface area (TPSA) is 66.8 Å². The summed E-state index contributed by atoms with van der Waals surface area (Å²) in [6.45, 7) is 0. The standard InChI is InChI=1S/C20H19ClN2O3S2/c21-15-7-4-8-16(11-15)23-17-12-28(25,26)13-18(17)27-20(23)22-19(24)10-9-14-5-2-1-3-6-14/h1-8,11,17-18H,9-10,12-13H2/t17-,18-/m1/s1. The van der Waals surface area contributed by atoms with Crippen molar-refractivity contribution in [3.8, 4) is 0 Å². The van der Waals surface area contributed by atoms with E-state index < -0.39 is 9.84 Å². The van der Waals surface area contributed by atoms with Crippen molar-refractivity contribution in [2.24, 2.45) is 4.99 Å². The van der Waals surface area contributed by atoms with Gasteiger partial charge in [0.2, 0.25) is 5.91 Å². The summed E-state index contributed by atoms with van der Waals surface area (Å²) in [7, 11) is -3.09. The molecule has 2 atom stereocenters. The smallest absolute Gasteiger partial charge is 0.248 e. The Kier molecular flexibility index (Phi) is 5.49. The summed E-state index contributed by atoms with van der Waals surface area (Å²) in [6, 6.07) is 16.8. The van der Waals surface area contributed by atoms with E-state index in [1.54, 1.807) is 12.1 Å². The van der Waals surface area contributed by atoms with Gasteiger partial charge in [0, 0.05) is 22.4 Å². The zero-order valence-electron chi connectivity index (χ0n) is 15.0. The van der Waals surface area contributed by atoms with Gasteiger partial charge in [-0.2, -0.15) is 4.99 Å². The number of halogens is 1. The van der Waals surface area contributed by atoms with Gasteiger partial charge in [-0.1, -0.05) is 59.8 Å². The number of nitrogens with zero attached hydrogens (tertiary/aromatic N) is 2. The van der Waals surface area contributed by atoms with Crippen molar-refractivity contribution in [2.45, 2.75) is 24.1 Å². The maximum Gasteiger partial charge on any atom is 0.248 e. The molecule has 1 amide bonds. The van der Waals surface area contributed by atoms with Crippen LogP contribution in [0.15, 0.2) is 59.6 Å². The molecule has 2 aliphatic heterocycles. The van der Waals surface area contributed by atoms with Crippen molar-refractivity contribution >= 4 is 50.0 Å². The molecule has 0 aromatic heterocycles. The zero-order valence-corrected chi connectivity index (χ0v) is 17.4. The van der Waals surface area contributed by atoms with Gasteiger partial charge < -0.3 is 4.90 Å². The highest BCUT2D eigenvalue weighted by Gasteiger charge is 2.49. The van der Waals surface area contributed by atoms with Crippen LogP contribution in [0.25, 0.3) is 0 Å². The van der Waals surface area contributed by atoms with Crippen LogP contribution in [0.5, 0.6) is 0 Å². The molecule has 0 radical (unpaired) electrons. The van der Waals surface area contributed by atoms with E-state index in [0.29, 0.717) is 23.0 Å². The van der Waals surface area contributed by atoms with E-state index in [0.717, 1.165) is 11.3 Å². The van der Waals surface area contributed by atoms with Gasteiger partial charge in [0.1, 0.15) is 0 Å². The van der Waals surface area contributed by atoms with E-state index in [9.17, 15) is 13.2 Å². The number of rotatable bonds is 4. The lowest BCUT2D eigenvalue weighted by Gasteiger charge is -2.24. The molecule has 2 fully saturated rings. The van der Waals surface area contributed by atoms with E-state index >= 15 is 0 Å². The van der Waals surface area contributed by atoms with Gasteiger partial charge in [0.05, 0.1) is 17.5 Å². The molecule has 146 valence electrons. The fourth-order valence-electron chi connectivity index (χ4n) is 3.55. The Morgan fingerprint density at radius 3 is 2.68 bits per heavy atom. The molecule has 2 aliphatic rings. The Labute approximate surface area is 173 Å². The second-order valence-corrected chi connectivity index (χ2v) is 10.7. The molecule has 0 unspecified atom stereocenters. The van der Waals surface area contributed by atoms with Crippen LogP contribution >= 0.6 is 23.4 Å². The lowest BCUT2D eigenvalue weighted by Crippen LogP contribution is -2.37. The lowest BCUT2D eigenvalue weighted by atomic mass is 10.1. The predicted molar refractivity (Wildman–Crippen MR) is 115 cm³/mol. The Morgan fingerprint density at radius 1 is 1.14 bits per heavy atom. The number of hydrogen-bond acceptors (Lipinski definition) is 4. The second-order valence-electron chi connectivity index (χ2n) is 6.92. The molecular formula is C20H19ClN2O3S2. The number of anilines is 1. The molecule has 0 spiro atoms. The Morgan fingerprint density at radius 2 is 1.93 bits per heavy atom. The fourth-order valence-corrected chi connectivity index (χ4v) is 7.67. The molecule has 0 N–H and O–H groups in total. The number of carbonyl (C=O) groups excluding carboxylic acids is 1. The predicted octanol–water partition coefficient (Wildman–Crippen LogP) is 3.57. The van der Waals surface area contributed by atoms with Crippen molar-refractivity contribution in [3.63, 3.8) is 0 Å². The SMILES string of the molecule is O=C(CCc1ccccc1)N=C1S[C@@H]2CS(=O)(=O)C[C@H]2N1c1cccc(Cl)c1. The van der Waals surface area contributed by atoms with Crippen molar-refractivity contribution in [1.82, 2.24) is 0 Å². The van der Waals surface area contributed by atoms with Crippen LogP contribution < -0.4 is 4.90 Å². The van der Waals surface area contributed by atoms with Gasteiger partial charge in [-0.05, 0) is 30.2 Å². The average Bonchev–Trinajstić information content (AvgIpc) is 3.11. The molecule has 2 aromatic rings. The number of hydrogen-bond donors (Lipinski definition) is 0. The normalized spacial score (nSPS) is 24.5. The van der Waals surface area contributed by atoms with Crippen molar-refractivity contribution in [2.75, 3.05) is 16.4 Å². The number of amides is 1. The summed E-state index contributed by atoms with van der Waals surface area (Å²) >= 11 is 7.51. The average molecular weight is 435 g/mol.